The Balaban J connectivity index is 1.64. The highest BCUT2D eigenvalue weighted by Crippen LogP contribution is 2.37. The predicted molar refractivity (Wildman–Crippen MR) is 139 cm³/mol. The molecular formula is C24H28Cl4N2O4. The minimum Gasteiger partial charge on any atom is -0.490 e. The maximum absolute atomic E-state index is 6.26. The zero-order valence-corrected chi connectivity index (χ0v) is 22.0. The molecule has 0 aliphatic carbocycles. The zero-order chi connectivity index (χ0) is 24.6. The van der Waals surface area contributed by atoms with Crippen molar-refractivity contribution in [2.45, 2.75) is 39.0 Å². The molecule has 0 unspecified atom stereocenters. The van der Waals surface area contributed by atoms with Crippen LogP contribution in [-0.4, -0.2) is 37.6 Å². The highest BCUT2D eigenvalue weighted by atomic mass is 35.5. The summed E-state index contributed by atoms with van der Waals surface area (Å²) in [6, 6.07) is 7.06. The lowest BCUT2D eigenvalue weighted by atomic mass is 10.2. The molecular weight excluding hydrogens is 522 g/mol. The van der Waals surface area contributed by atoms with E-state index in [4.69, 9.17) is 65.5 Å². The highest BCUT2D eigenvalue weighted by molar-refractivity contribution is 6.55. The minimum atomic E-state index is 0.128. The number of pyridine rings is 1. The summed E-state index contributed by atoms with van der Waals surface area (Å²) in [5.74, 6) is 1.49. The van der Waals surface area contributed by atoms with Crippen molar-refractivity contribution in [1.29, 1.82) is 0 Å². The van der Waals surface area contributed by atoms with Crippen molar-refractivity contribution in [2.24, 2.45) is 5.16 Å². The van der Waals surface area contributed by atoms with Crippen LogP contribution < -0.4 is 14.2 Å². The molecule has 0 saturated heterocycles. The van der Waals surface area contributed by atoms with Crippen LogP contribution >= 0.6 is 46.4 Å². The molecule has 10 heteroatoms. The van der Waals surface area contributed by atoms with Crippen LogP contribution in [0.4, 0.5) is 0 Å². The fraction of sp³-hybridized carbons (Fsp3) is 0.417. The van der Waals surface area contributed by atoms with E-state index in [-0.39, 0.29) is 11.1 Å². The number of rotatable bonds is 16. The first-order chi connectivity index (χ1) is 16.5. The number of oxime groups is 1. The molecule has 0 bridgehead atoms. The zero-order valence-electron chi connectivity index (χ0n) is 18.9. The molecule has 0 spiro atoms. The van der Waals surface area contributed by atoms with Gasteiger partial charge < -0.3 is 19.0 Å². The third-order valence-corrected chi connectivity index (χ3v) is 5.23. The van der Waals surface area contributed by atoms with E-state index in [0.717, 1.165) is 31.2 Å². The van der Waals surface area contributed by atoms with Gasteiger partial charge in [0.25, 0.3) is 0 Å². The quantitative estimate of drug-likeness (QED) is 0.122. The van der Waals surface area contributed by atoms with Gasteiger partial charge in [0.05, 0.1) is 23.3 Å². The van der Waals surface area contributed by atoms with Crippen molar-refractivity contribution < 1.29 is 19.0 Å². The molecule has 1 aromatic carbocycles. The highest BCUT2D eigenvalue weighted by Gasteiger charge is 2.10. The second kappa shape index (κ2) is 16.7. The van der Waals surface area contributed by atoms with E-state index in [1.165, 1.54) is 6.08 Å². The lowest BCUT2D eigenvalue weighted by Crippen LogP contribution is -2.04. The molecule has 1 aromatic heterocycles. The van der Waals surface area contributed by atoms with Gasteiger partial charge in [-0.3, -0.25) is 0 Å². The Bertz CT molecular complexity index is 897. The molecule has 0 saturated carbocycles. The Kier molecular flexibility index (Phi) is 14.0. The van der Waals surface area contributed by atoms with Gasteiger partial charge in [0.15, 0.2) is 5.75 Å². The monoisotopic (exact) mass is 548 g/mol. The molecule has 0 radical (unpaired) electrons. The van der Waals surface area contributed by atoms with Crippen molar-refractivity contribution in [1.82, 2.24) is 4.98 Å². The van der Waals surface area contributed by atoms with Gasteiger partial charge in [-0.05, 0) is 30.9 Å². The Labute approximate surface area is 220 Å². The van der Waals surface area contributed by atoms with E-state index in [1.54, 1.807) is 24.5 Å². The van der Waals surface area contributed by atoms with Crippen LogP contribution in [0.25, 0.3) is 0 Å². The number of aromatic nitrogens is 1. The second-order valence-corrected chi connectivity index (χ2v) is 8.93. The van der Waals surface area contributed by atoms with Crippen molar-refractivity contribution >= 4 is 52.6 Å². The van der Waals surface area contributed by atoms with Gasteiger partial charge in [0, 0.05) is 37.0 Å². The maximum Gasteiger partial charge on any atom is 0.213 e. The van der Waals surface area contributed by atoms with Gasteiger partial charge in [0.2, 0.25) is 5.88 Å². The van der Waals surface area contributed by atoms with Crippen molar-refractivity contribution in [3.05, 3.63) is 56.6 Å². The normalized spacial score (nSPS) is 10.9. The molecule has 0 aliphatic heterocycles. The molecule has 0 fully saturated rings. The SMILES string of the molecule is CCCCO/N=C/Cc1ccc(OCCCCOc2c(Cl)cc(OCC=C(Cl)Cl)cc2Cl)nc1. The first-order valence-corrected chi connectivity index (χ1v) is 12.5. The number of hydrogen-bond acceptors (Lipinski definition) is 6. The van der Waals surface area contributed by atoms with Gasteiger partial charge in [0.1, 0.15) is 23.5 Å². The maximum atomic E-state index is 6.26. The van der Waals surface area contributed by atoms with Crippen LogP contribution in [0.1, 0.15) is 38.2 Å². The summed E-state index contributed by atoms with van der Waals surface area (Å²) in [5.41, 5.74) is 1.04. The summed E-state index contributed by atoms with van der Waals surface area (Å²) in [7, 11) is 0. The Morgan fingerprint density at radius 2 is 1.71 bits per heavy atom. The van der Waals surface area contributed by atoms with E-state index < -0.39 is 0 Å². The van der Waals surface area contributed by atoms with Gasteiger partial charge in [-0.15, -0.1) is 0 Å². The van der Waals surface area contributed by atoms with Crippen LogP contribution in [-0.2, 0) is 11.3 Å². The van der Waals surface area contributed by atoms with Crippen LogP contribution in [0.3, 0.4) is 0 Å². The molecule has 6 nitrogen and oxygen atoms in total. The van der Waals surface area contributed by atoms with Gasteiger partial charge in [-0.25, -0.2) is 4.98 Å². The fourth-order valence-electron chi connectivity index (χ4n) is 2.59. The Morgan fingerprint density at radius 1 is 0.971 bits per heavy atom. The van der Waals surface area contributed by atoms with E-state index in [2.05, 4.69) is 17.1 Å². The third-order valence-electron chi connectivity index (χ3n) is 4.36. The molecule has 0 atom stereocenters. The first kappa shape index (κ1) is 28.4. The van der Waals surface area contributed by atoms with Crippen LogP contribution in [0.2, 0.25) is 10.0 Å². The second-order valence-electron chi connectivity index (χ2n) is 7.11. The number of halogens is 4. The number of ether oxygens (including phenoxy) is 3. The largest absolute Gasteiger partial charge is 0.490 e. The molecule has 34 heavy (non-hydrogen) atoms. The lowest BCUT2D eigenvalue weighted by Gasteiger charge is -2.12. The number of benzene rings is 1. The van der Waals surface area contributed by atoms with Crippen molar-refractivity contribution in [3.8, 4) is 17.4 Å². The van der Waals surface area contributed by atoms with E-state index in [0.29, 0.717) is 53.7 Å². The molecule has 1 heterocycles. The molecule has 0 N–H and O–H groups in total. The summed E-state index contributed by atoms with van der Waals surface area (Å²) in [6.07, 6.45) is 9.33. The van der Waals surface area contributed by atoms with Gasteiger partial charge in [-0.1, -0.05) is 71.0 Å². The average molecular weight is 550 g/mol. The smallest absolute Gasteiger partial charge is 0.213 e. The molecule has 0 aliphatic rings. The van der Waals surface area contributed by atoms with Gasteiger partial charge in [-0.2, -0.15) is 0 Å². The molecule has 0 amide bonds. The third kappa shape index (κ3) is 11.5. The van der Waals surface area contributed by atoms with Crippen molar-refractivity contribution in [3.63, 3.8) is 0 Å². The summed E-state index contributed by atoms with van der Waals surface area (Å²) >= 11 is 23.6. The Morgan fingerprint density at radius 3 is 2.35 bits per heavy atom. The van der Waals surface area contributed by atoms with Crippen LogP contribution in [0, 0.1) is 0 Å². The van der Waals surface area contributed by atoms with E-state index in [1.807, 2.05) is 12.1 Å². The van der Waals surface area contributed by atoms with Crippen molar-refractivity contribution in [2.75, 3.05) is 26.4 Å². The molecule has 186 valence electrons. The summed E-state index contributed by atoms with van der Waals surface area (Å²) in [4.78, 5) is 9.47. The summed E-state index contributed by atoms with van der Waals surface area (Å²) in [5, 5.41) is 4.65. The average Bonchev–Trinajstić information content (AvgIpc) is 2.80. The number of hydrogen-bond donors (Lipinski definition) is 0. The summed E-state index contributed by atoms with van der Waals surface area (Å²) < 4.78 is 17.0. The standard InChI is InChI=1S/C24H28Cl4N2O4/c1-2-3-13-34-30-10-8-18-6-7-23(29-17-18)32-11-4-5-12-33-24-20(25)15-19(16-21(24)26)31-14-9-22(27)28/h6-7,9-10,15-17H,2-5,8,11-14H2,1H3/b30-10+. The van der Waals surface area contributed by atoms with Gasteiger partial charge >= 0.3 is 0 Å². The summed E-state index contributed by atoms with van der Waals surface area (Å²) in [6.45, 7) is 3.93. The fourth-order valence-corrected chi connectivity index (χ4v) is 3.29. The lowest BCUT2D eigenvalue weighted by molar-refractivity contribution is 0.142. The van der Waals surface area contributed by atoms with E-state index >= 15 is 0 Å². The topological polar surface area (TPSA) is 62.2 Å². The van der Waals surface area contributed by atoms with Crippen LogP contribution in [0.15, 0.2) is 46.2 Å². The first-order valence-electron chi connectivity index (χ1n) is 11.0. The predicted octanol–water partition coefficient (Wildman–Crippen LogP) is 7.67. The number of nitrogens with zero attached hydrogens (tertiary/aromatic N) is 2. The van der Waals surface area contributed by atoms with Crippen LogP contribution in [0.5, 0.6) is 17.4 Å². The molecule has 2 aromatic rings. The minimum absolute atomic E-state index is 0.128. The molecule has 2 rings (SSSR count). The Hall–Kier alpha value is -1.86. The van der Waals surface area contributed by atoms with E-state index in [9.17, 15) is 0 Å². The number of unbranched alkanes of at least 4 members (excludes halogenated alkanes) is 2.